The molecule has 0 aliphatic rings. The Morgan fingerprint density at radius 1 is 1.29 bits per heavy atom. The lowest BCUT2D eigenvalue weighted by molar-refractivity contribution is 0.311. The number of anilines is 1. The van der Waals surface area contributed by atoms with Crippen molar-refractivity contribution in [2.75, 3.05) is 18.5 Å². The summed E-state index contributed by atoms with van der Waals surface area (Å²) in [6.07, 6.45) is 3.40. The van der Waals surface area contributed by atoms with Crippen LogP contribution >= 0.6 is 0 Å². The van der Waals surface area contributed by atoms with E-state index in [-0.39, 0.29) is 6.61 Å². The van der Waals surface area contributed by atoms with Crippen molar-refractivity contribution in [3.05, 3.63) is 17.6 Å². The number of aryl methyl sites for hydroxylation is 1. The van der Waals surface area contributed by atoms with Crippen molar-refractivity contribution in [1.29, 1.82) is 0 Å². The first-order valence-corrected chi connectivity index (χ1v) is 5.00. The topological polar surface area (TPSA) is 58.0 Å². The molecule has 0 bridgehead atoms. The van der Waals surface area contributed by atoms with Crippen molar-refractivity contribution >= 4 is 5.82 Å². The Morgan fingerprint density at radius 3 is 2.64 bits per heavy atom. The molecule has 0 amide bonds. The number of aromatic nitrogens is 2. The molecule has 0 atom stereocenters. The van der Waals surface area contributed by atoms with Crippen LogP contribution in [0.2, 0.25) is 0 Å². The van der Waals surface area contributed by atoms with E-state index < -0.39 is 0 Å². The standard InChI is InChI=1S/C10H17N3O/c1-3-8-9(4-2)12-7-13-10(8)11-5-6-14/h7,14H,3-6H2,1-2H3,(H,11,12,13). The molecule has 14 heavy (non-hydrogen) atoms. The molecule has 0 aromatic carbocycles. The fourth-order valence-electron chi connectivity index (χ4n) is 1.45. The van der Waals surface area contributed by atoms with Gasteiger partial charge in [-0.2, -0.15) is 0 Å². The molecule has 0 radical (unpaired) electrons. The Bertz CT molecular complexity index is 289. The molecular weight excluding hydrogens is 178 g/mol. The van der Waals surface area contributed by atoms with E-state index >= 15 is 0 Å². The Labute approximate surface area is 84.4 Å². The molecule has 2 N–H and O–H groups in total. The molecule has 0 spiro atoms. The second-order valence-corrected chi connectivity index (χ2v) is 3.01. The van der Waals surface area contributed by atoms with Crippen LogP contribution in [0.1, 0.15) is 25.1 Å². The second kappa shape index (κ2) is 5.54. The first-order valence-electron chi connectivity index (χ1n) is 5.00. The maximum absolute atomic E-state index is 8.71. The summed E-state index contributed by atoms with van der Waals surface area (Å²) in [6, 6.07) is 0. The molecule has 1 heterocycles. The third-order valence-corrected chi connectivity index (χ3v) is 2.13. The maximum atomic E-state index is 8.71. The number of nitrogens with zero attached hydrogens (tertiary/aromatic N) is 2. The molecule has 0 saturated heterocycles. The lowest BCUT2D eigenvalue weighted by Crippen LogP contribution is -2.11. The van der Waals surface area contributed by atoms with E-state index in [1.54, 1.807) is 6.33 Å². The van der Waals surface area contributed by atoms with E-state index in [1.807, 2.05) is 0 Å². The summed E-state index contributed by atoms with van der Waals surface area (Å²) < 4.78 is 0. The van der Waals surface area contributed by atoms with Gasteiger partial charge in [-0.05, 0) is 12.8 Å². The molecule has 0 fully saturated rings. The molecule has 78 valence electrons. The first kappa shape index (κ1) is 10.9. The Balaban J connectivity index is 2.90. The summed E-state index contributed by atoms with van der Waals surface area (Å²) in [6.45, 7) is 4.82. The number of hydrogen-bond acceptors (Lipinski definition) is 4. The summed E-state index contributed by atoms with van der Waals surface area (Å²) in [7, 11) is 0. The van der Waals surface area contributed by atoms with Gasteiger partial charge in [-0.25, -0.2) is 9.97 Å². The minimum absolute atomic E-state index is 0.120. The Morgan fingerprint density at radius 2 is 2.07 bits per heavy atom. The molecule has 1 aromatic rings. The van der Waals surface area contributed by atoms with Gasteiger partial charge in [0, 0.05) is 17.8 Å². The van der Waals surface area contributed by atoms with Gasteiger partial charge in [0.25, 0.3) is 0 Å². The van der Waals surface area contributed by atoms with E-state index in [4.69, 9.17) is 5.11 Å². The van der Waals surface area contributed by atoms with Gasteiger partial charge in [-0.1, -0.05) is 13.8 Å². The van der Waals surface area contributed by atoms with Crippen LogP contribution in [0, 0.1) is 0 Å². The SMILES string of the molecule is CCc1ncnc(NCCO)c1CC. The molecule has 0 aliphatic heterocycles. The van der Waals surface area contributed by atoms with Crippen LogP contribution in [0.3, 0.4) is 0 Å². The second-order valence-electron chi connectivity index (χ2n) is 3.01. The fraction of sp³-hybridized carbons (Fsp3) is 0.600. The van der Waals surface area contributed by atoms with E-state index in [2.05, 4.69) is 29.1 Å². The van der Waals surface area contributed by atoms with Crippen molar-refractivity contribution in [3.63, 3.8) is 0 Å². The average Bonchev–Trinajstić information content (AvgIpc) is 2.25. The molecule has 1 rings (SSSR count). The molecule has 4 heteroatoms. The fourth-order valence-corrected chi connectivity index (χ4v) is 1.45. The third kappa shape index (κ3) is 2.42. The van der Waals surface area contributed by atoms with Crippen LogP contribution in [0.5, 0.6) is 0 Å². The van der Waals surface area contributed by atoms with Crippen LogP contribution in [0.25, 0.3) is 0 Å². The number of rotatable bonds is 5. The summed E-state index contributed by atoms with van der Waals surface area (Å²) in [5.41, 5.74) is 2.24. The van der Waals surface area contributed by atoms with E-state index in [0.717, 1.165) is 29.9 Å². The van der Waals surface area contributed by atoms with Crippen LogP contribution in [-0.2, 0) is 12.8 Å². The normalized spacial score (nSPS) is 10.2. The minimum Gasteiger partial charge on any atom is -0.395 e. The maximum Gasteiger partial charge on any atom is 0.132 e. The van der Waals surface area contributed by atoms with Crippen molar-refractivity contribution < 1.29 is 5.11 Å². The number of hydrogen-bond donors (Lipinski definition) is 2. The molecule has 0 saturated carbocycles. The van der Waals surface area contributed by atoms with Gasteiger partial charge in [0.15, 0.2) is 0 Å². The van der Waals surface area contributed by atoms with Gasteiger partial charge in [0.1, 0.15) is 12.1 Å². The Kier molecular flexibility index (Phi) is 4.32. The van der Waals surface area contributed by atoms with Gasteiger partial charge >= 0.3 is 0 Å². The molecule has 0 aliphatic carbocycles. The Hall–Kier alpha value is -1.16. The third-order valence-electron chi connectivity index (χ3n) is 2.13. The summed E-state index contributed by atoms with van der Waals surface area (Å²) in [5.74, 6) is 0.855. The van der Waals surface area contributed by atoms with Crippen LogP contribution in [0.15, 0.2) is 6.33 Å². The zero-order valence-corrected chi connectivity index (χ0v) is 8.75. The van der Waals surface area contributed by atoms with Crippen molar-refractivity contribution in [1.82, 2.24) is 9.97 Å². The zero-order chi connectivity index (χ0) is 10.4. The zero-order valence-electron chi connectivity index (χ0n) is 8.75. The van der Waals surface area contributed by atoms with Gasteiger partial charge in [-0.15, -0.1) is 0 Å². The van der Waals surface area contributed by atoms with Crippen molar-refractivity contribution in [2.45, 2.75) is 26.7 Å². The predicted octanol–water partition coefficient (Wildman–Crippen LogP) is 1.01. The van der Waals surface area contributed by atoms with Gasteiger partial charge in [-0.3, -0.25) is 0 Å². The first-order chi connectivity index (χ1) is 6.83. The summed E-state index contributed by atoms with van der Waals surface area (Å²) in [4.78, 5) is 8.39. The monoisotopic (exact) mass is 195 g/mol. The van der Waals surface area contributed by atoms with Crippen molar-refractivity contribution in [3.8, 4) is 0 Å². The smallest absolute Gasteiger partial charge is 0.132 e. The van der Waals surface area contributed by atoms with E-state index in [1.165, 1.54) is 0 Å². The molecule has 1 aromatic heterocycles. The van der Waals surface area contributed by atoms with Crippen molar-refractivity contribution in [2.24, 2.45) is 0 Å². The van der Waals surface area contributed by atoms with E-state index in [9.17, 15) is 0 Å². The highest BCUT2D eigenvalue weighted by Crippen LogP contribution is 2.15. The van der Waals surface area contributed by atoms with Gasteiger partial charge in [0.05, 0.1) is 6.61 Å². The number of nitrogens with one attached hydrogen (secondary N) is 1. The predicted molar refractivity (Wildman–Crippen MR) is 56.4 cm³/mol. The van der Waals surface area contributed by atoms with Gasteiger partial charge < -0.3 is 10.4 Å². The van der Waals surface area contributed by atoms with Crippen LogP contribution in [-0.4, -0.2) is 28.2 Å². The highest BCUT2D eigenvalue weighted by molar-refractivity contribution is 5.45. The highest BCUT2D eigenvalue weighted by Gasteiger charge is 2.06. The average molecular weight is 195 g/mol. The minimum atomic E-state index is 0.120. The number of aliphatic hydroxyl groups is 1. The van der Waals surface area contributed by atoms with Crippen LogP contribution < -0.4 is 5.32 Å². The lowest BCUT2D eigenvalue weighted by Gasteiger charge is -2.11. The van der Waals surface area contributed by atoms with E-state index in [0.29, 0.717) is 6.54 Å². The summed E-state index contributed by atoms with van der Waals surface area (Å²) in [5, 5.41) is 11.8. The molecule has 4 nitrogen and oxygen atoms in total. The lowest BCUT2D eigenvalue weighted by atomic mass is 10.1. The van der Waals surface area contributed by atoms with Gasteiger partial charge in [0.2, 0.25) is 0 Å². The summed E-state index contributed by atoms with van der Waals surface area (Å²) >= 11 is 0. The largest absolute Gasteiger partial charge is 0.395 e. The van der Waals surface area contributed by atoms with Crippen LogP contribution in [0.4, 0.5) is 5.82 Å². The number of aliphatic hydroxyl groups excluding tert-OH is 1. The highest BCUT2D eigenvalue weighted by atomic mass is 16.3. The quantitative estimate of drug-likeness (QED) is 0.736. The molecule has 0 unspecified atom stereocenters. The molecular formula is C10H17N3O.